The first-order valence-corrected chi connectivity index (χ1v) is 7.89. The first-order chi connectivity index (χ1) is 9.26. The molecule has 1 aliphatic heterocycles. The topological polar surface area (TPSA) is 46.5 Å². The zero-order valence-electron chi connectivity index (χ0n) is 13.8. The molecule has 0 aromatic heterocycles. The lowest BCUT2D eigenvalue weighted by Crippen LogP contribution is -2.55. The molecule has 0 aromatic rings. The maximum atomic E-state index is 12.4. The SMILES string of the molecule is CCCC(C)/C=C(\C)[C@H]1O[C@@](O)(CC)[C@H](C)C(=O)[C@@H]1C. The van der Waals surface area contributed by atoms with Crippen LogP contribution in [0.1, 0.15) is 60.8 Å². The van der Waals surface area contributed by atoms with E-state index in [1.807, 2.05) is 20.8 Å². The predicted molar refractivity (Wildman–Crippen MR) is 81.3 cm³/mol. The standard InChI is InChI=1S/C17H30O3/c1-7-9-11(3)10-12(4)16-13(5)15(18)14(6)17(19,8-2)20-16/h10-11,13-14,16,19H,7-9H2,1-6H3/b12-10+/t11?,13-,14+,16+,17-/m0/s1. The number of rotatable bonds is 5. The third-order valence-electron chi connectivity index (χ3n) is 4.58. The third-order valence-corrected chi connectivity index (χ3v) is 4.58. The van der Waals surface area contributed by atoms with Gasteiger partial charge in [0.25, 0.3) is 0 Å². The quantitative estimate of drug-likeness (QED) is 0.782. The van der Waals surface area contributed by atoms with E-state index in [0.717, 1.165) is 18.4 Å². The van der Waals surface area contributed by atoms with Gasteiger partial charge in [-0.2, -0.15) is 0 Å². The fraction of sp³-hybridized carbons (Fsp3) is 0.824. The van der Waals surface area contributed by atoms with Crippen LogP contribution in [0, 0.1) is 17.8 Å². The molecule has 0 radical (unpaired) electrons. The molecule has 0 aromatic carbocycles. The van der Waals surface area contributed by atoms with Crippen molar-refractivity contribution in [3.05, 3.63) is 11.6 Å². The highest BCUT2D eigenvalue weighted by Gasteiger charge is 2.48. The van der Waals surface area contributed by atoms with Gasteiger partial charge in [0, 0.05) is 5.92 Å². The van der Waals surface area contributed by atoms with Gasteiger partial charge in [-0.3, -0.25) is 4.79 Å². The van der Waals surface area contributed by atoms with Crippen molar-refractivity contribution in [2.45, 2.75) is 72.7 Å². The average Bonchev–Trinajstić information content (AvgIpc) is 2.40. The van der Waals surface area contributed by atoms with Crippen LogP contribution in [0.3, 0.4) is 0 Å². The van der Waals surface area contributed by atoms with Gasteiger partial charge in [-0.05, 0) is 31.3 Å². The van der Waals surface area contributed by atoms with Crippen molar-refractivity contribution in [1.82, 2.24) is 0 Å². The minimum absolute atomic E-state index is 0.0986. The summed E-state index contributed by atoms with van der Waals surface area (Å²) in [5.74, 6) is -1.40. The van der Waals surface area contributed by atoms with Crippen LogP contribution in [0.25, 0.3) is 0 Å². The molecule has 1 saturated heterocycles. The van der Waals surface area contributed by atoms with Crippen molar-refractivity contribution in [3.63, 3.8) is 0 Å². The van der Waals surface area contributed by atoms with Crippen molar-refractivity contribution in [1.29, 1.82) is 0 Å². The molecular weight excluding hydrogens is 252 g/mol. The number of carbonyl (C=O) groups is 1. The Hall–Kier alpha value is -0.670. The van der Waals surface area contributed by atoms with E-state index in [-0.39, 0.29) is 17.8 Å². The van der Waals surface area contributed by atoms with E-state index in [1.165, 1.54) is 0 Å². The molecule has 1 fully saturated rings. The van der Waals surface area contributed by atoms with Crippen LogP contribution < -0.4 is 0 Å². The molecule has 116 valence electrons. The normalized spacial score (nSPS) is 37.0. The Labute approximate surface area is 123 Å². The van der Waals surface area contributed by atoms with Gasteiger partial charge >= 0.3 is 0 Å². The number of allylic oxidation sites excluding steroid dienone is 1. The Bertz CT molecular complexity index is 374. The molecule has 5 atom stereocenters. The van der Waals surface area contributed by atoms with E-state index in [2.05, 4.69) is 19.9 Å². The number of hydrogen-bond donors (Lipinski definition) is 1. The molecule has 3 nitrogen and oxygen atoms in total. The summed E-state index contributed by atoms with van der Waals surface area (Å²) >= 11 is 0. The van der Waals surface area contributed by atoms with E-state index < -0.39 is 11.7 Å². The largest absolute Gasteiger partial charge is 0.365 e. The average molecular weight is 282 g/mol. The summed E-state index contributed by atoms with van der Waals surface area (Å²) in [7, 11) is 0. The lowest BCUT2D eigenvalue weighted by atomic mass is 9.79. The number of ketones is 1. The van der Waals surface area contributed by atoms with E-state index >= 15 is 0 Å². The van der Waals surface area contributed by atoms with Crippen LogP contribution in [0.2, 0.25) is 0 Å². The smallest absolute Gasteiger partial charge is 0.175 e. The Morgan fingerprint density at radius 2 is 2.05 bits per heavy atom. The van der Waals surface area contributed by atoms with Gasteiger partial charge in [0.05, 0.1) is 12.0 Å². The highest BCUT2D eigenvalue weighted by atomic mass is 16.6. The summed E-state index contributed by atoms with van der Waals surface area (Å²) in [4.78, 5) is 12.4. The molecule has 1 aliphatic rings. The monoisotopic (exact) mass is 282 g/mol. The summed E-state index contributed by atoms with van der Waals surface area (Å²) in [6.07, 6.45) is 4.58. The van der Waals surface area contributed by atoms with Crippen LogP contribution >= 0.6 is 0 Å². The molecule has 0 bridgehead atoms. The number of ether oxygens (including phenoxy) is 1. The lowest BCUT2D eigenvalue weighted by Gasteiger charge is -2.44. The van der Waals surface area contributed by atoms with Crippen LogP contribution in [0.5, 0.6) is 0 Å². The maximum Gasteiger partial charge on any atom is 0.175 e. The van der Waals surface area contributed by atoms with Gasteiger partial charge in [0.15, 0.2) is 5.79 Å². The van der Waals surface area contributed by atoms with Crippen molar-refractivity contribution < 1.29 is 14.6 Å². The van der Waals surface area contributed by atoms with Crippen LogP contribution in [-0.4, -0.2) is 22.8 Å². The molecule has 0 spiro atoms. The van der Waals surface area contributed by atoms with Crippen LogP contribution in [-0.2, 0) is 9.53 Å². The lowest BCUT2D eigenvalue weighted by molar-refractivity contribution is -0.271. The Kier molecular flexibility index (Phi) is 5.96. The second kappa shape index (κ2) is 6.86. The van der Waals surface area contributed by atoms with Crippen molar-refractivity contribution >= 4 is 5.78 Å². The van der Waals surface area contributed by atoms with E-state index in [1.54, 1.807) is 6.92 Å². The van der Waals surface area contributed by atoms with Gasteiger partial charge in [0.2, 0.25) is 0 Å². The Morgan fingerprint density at radius 1 is 1.45 bits per heavy atom. The van der Waals surface area contributed by atoms with Gasteiger partial charge in [0.1, 0.15) is 5.78 Å². The number of hydrogen-bond acceptors (Lipinski definition) is 3. The fourth-order valence-electron chi connectivity index (χ4n) is 3.15. The second-order valence-corrected chi connectivity index (χ2v) is 6.33. The van der Waals surface area contributed by atoms with Gasteiger partial charge in [-0.15, -0.1) is 0 Å². The highest BCUT2D eigenvalue weighted by molar-refractivity contribution is 5.85. The number of aliphatic hydroxyl groups is 1. The zero-order valence-corrected chi connectivity index (χ0v) is 13.8. The Morgan fingerprint density at radius 3 is 2.55 bits per heavy atom. The number of Topliss-reactive ketones (excluding diaryl/α,β-unsaturated/α-hetero) is 1. The van der Waals surface area contributed by atoms with Crippen LogP contribution in [0.15, 0.2) is 11.6 Å². The van der Waals surface area contributed by atoms with Gasteiger partial charge < -0.3 is 9.84 Å². The van der Waals surface area contributed by atoms with Crippen molar-refractivity contribution in [3.8, 4) is 0 Å². The highest BCUT2D eigenvalue weighted by Crippen LogP contribution is 2.38. The van der Waals surface area contributed by atoms with Crippen LogP contribution in [0.4, 0.5) is 0 Å². The minimum Gasteiger partial charge on any atom is -0.365 e. The minimum atomic E-state index is -1.32. The molecule has 1 rings (SSSR count). The fourth-order valence-corrected chi connectivity index (χ4v) is 3.15. The summed E-state index contributed by atoms with van der Waals surface area (Å²) in [6.45, 7) is 11.9. The molecule has 1 N–H and O–H groups in total. The number of carbonyl (C=O) groups excluding carboxylic acids is 1. The van der Waals surface area contributed by atoms with E-state index in [9.17, 15) is 9.90 Å². The molecule has 0 saturated carbocycles. The van der Waals surface area contributed by atoms with Gasteiger partial charge in [-0.25, -0.2) is 0 Å². The van der Waals surface area contributed by atoms with Crippen molar-refractivity contribution in [2.75, 3.05) is 0 Å². The Balaban J connectivity index is 2.96. The zero-order chi connectivity index (χ0) is 15.5. The summed E-state index contributed by atoms with van der Waals surface area (Å²) in [5.41, 5.74) is 1.06. The van der Waals surface area contributed by atoms with Crippen molar-refractivity contribution in [2.24, 2.45) is 17.8 Å². The molecule has 20 heavy (non-hydrogen) atoms. The van der Waals surface area contributed by atoms with E-state index in [4.69, 9.17) is 4.74 Å². The molecule has 0 amide bonds. The molecular formula is C17H30O3. The predicted octanol–water partition coefficient (Wildman–Crippen LogP) is 3.71. The third kappa shape index (κ3) is 3.50. The summed E-state index contributed by atoms with van der Waals surface area (Å²) in [5, 5.41) is 10.5. The molecule has 1 unspecified atom stereocenters. The first kappa shape index (κ1) is 17.4. The second-order valence-electron chi connectivity index (χ2n) is 6.33. The van der Waals surface area contributed by atoms with Gasteiger partial charge in [-0.1, -0.05) is 47.1 Å². The maximum absolute atomic E-state index is 12.4. The molecule has 1 heterocycles. The molecule has 3 heteroatoms. The first-order valence-electron chi connectivity index (χ1n) is 7.89. The summed E-state index contributed by atoms with van der Waals surface area (Å²) < 4.78 is 5.93. The molecule has 0 aliphatic carbocycles. The van der Waals surface area contributed by atoms with E-state index in [0.29, 0.717) is 12.3 Å². The summed E-state index contributed by atoms with van der Waals surface area (Å²) in [6, 6.07) is 0.